The van der Waals surface area contributed by atoms with Gasteiger partial charge in [0.15, 0.2) is 0 Å². The highest BCUT2D eigenvalue weighted by Crippen LogP contribution is 2.10. The van der Waals surface area contributed by atoms with Gasteiger partial charge in [0.25, 0.3) is 0 Å². The zero-order valence-electron chi connectivity index (χ0n) is 14.4. The number of amides is 1. The Morgan fingerprint density at radius 1 is 1.30 bits per heavy atom. The summed E-state index contributed by atoms with van der Waals surface area (Å²) in [6.45, 7) is 7.21. The second kappa shape index (κ2) is 7.42. The van der Waals surface area contributed by atoms with Crippen LogP contribution in [-0.4, -0.2) is 39.7 Å². The molecular weight excluding hydrogens is 288 g/mol. The minimum absolute atomic E-state index is 0.0507. The van der Waals surface area contributed by atoms with E-state index in [1.807, 2.05) is 73.2 Å². The van der Waals surface area contributed by atoms with Crippen LogP contribution in [0.1, 0.15) is 32.8 Å². The molecule has 1 heterocycles. The van der Waals surface area contributed by atoms with Crippen molar-refractivity contribution in [2.45, 2.75) is 39.3 Å². The number of likely N-dealkylation sites (N-methyl/N-ethyl adjacent to an activating group) is 1. The van der Waals surface area contributed by atoms with E-state index in [0.717, 1.165) is 17.7 Å². The van der Waals surface area contributed by atoms with Crippen LogP contribution in [0.15, 0.2) is 42.7 Å². The first-order valence-electron chi connectivity index (χ1n) is 7.98. The molecule has 1 N–H and O–H groups in total. The standard InChI is InChI=1S/C18H26N4O/c1-5-18(2,3)20-17(23)14-21(4)12-15-11-19-22(13-15)16-9-7-6-8-10-16/h6-11,13H,5,12,14H2,1-4H3,(H,20,23). The van der Waals surface area contributed by atoms with Crippen LogP contribution in [0, 0.1) is 0 Å². The summed E-state index contributed by atoms with van der Waals surface area (Å²) < 4.78 is 1.85. The van der Waals surface area contributed by atoms with Gasteiger partial charge < -0.3 is 5.32 Å². The van der Waals surface area contributed by atoms with Gasteiger partial charge in [0.1, 0.15) is 0 Å². The molecule has 5 heteroatoms. The second-order valence-electron chi connectivity index (χ2n) is 6.59. The number of nitrogens with one attached hydrogen (secondary N) is 1. The highest BCUT2D eigenvalue weighted by Gasteiger charge is 2.18. The number of benzene rings is 1. The number of para-hydroxylation sites is 1. The maximum Gasteiger partial charge on any atom is 0.234 e. The Morgan fingerprint density at radius 2 is 2.00 bits per heavy atom. The molecule has 124 valence electrons. The molecule has 0 spiro atoms. The van der Waals surface area contributed by atoms with Crippen LogP contribution in [0.2, 0.25) is 0 Å². The maximum absolute atomic E-state index is 12.1. The molecule has 0 fully saturated rings. The molecule has 0 bridgehead atoms. The van der Waals surface area contributed by atoms with Crippen LogP contribution in [0.4, 0.5) is 0 Å². The summed E-state index contributed by atoms with van der Waals surface area (Å²) in [6, 6.07) is 9.99. The number of rotatable bonds is 7. The predicted molar refractivity (Wildman–Crippen MR) is 92.4 cm³/mol. The number of hydrogen-bond donors (Lipinski definition) is 1. The molecule has 0 saturated heterocycles. The number of carbonyl (C=O) groups excluding carboxylic acids is 1. The predicted octanol–water partition coefficient (Wildman–Crippen LogP) is 2.61. The largest absolute Gasteiger partial charge is 0.350 e. The van der Waals surface area contributed by atoms with Crippen molar-refractivity contribution in [2.75, 3.05) is 13.6 Å². The topological polar surface area (TPSA) is 50.2 Å². The lowest BCUT2D eigenvalue weighted by Gasteiger charge is -2.26. The Morgan fingerprint density at radius 3 is 2.65 bits per heavy atom. The van der Waals surface area contributed by atoms with Crippen molar-refractivity contribution in [2.24, 2.45) is 0 Å². The maximum atomic E-state index is 12.1. The SMILES string of the molecule is CCC(C)(C)NC(=O)CN(C)Cc1cnn(-c2ccccc2)c1. The number of aromatic nitrogens is 2. The van der Waals surface area contributed by atoms with Crippen LogP contribution in [0.5, 0.6) is 0 Å². The normalized spacial score (nSPS) is 11.7. The van der Waals surface area contributed by atoms with Gasteiger partial charge in [-0.25, -0.2) is 4.68 Å². The first-order chi connectivity index (χ1) is 10.9. The number of hydrogen-bond acceptors (Lipinski definition) is 3. The molecule has 0 atom stereocenters. The third kappa shape index (κ3) is 5.21. The number of carbonyl (C=O) groups is 1. The van der Waals surface area contributed by atoms with E-state index in [2.05, 4.69) is 17.3 Å². The zero-order valence-corrected chi connectivity index (χ0v) is 14.4. The lowest BCUT2D eigenvalue weighted by Crippen LogP contribution is -2.46. The van der Waals surface area contributed by atoms with Crippen LogP contribution in [-0.2, 0) is 11.3 Å². The van der Waals surface area contributed by atoms with Gasteiger partial charge in [-0.2, -0.15) is 5.10 Å². The zero-order chi connectivity index (χ0) is 16.9. The van der Waals surface area contributed by atoms with Gasteiger partial charge in [0.05, 0.1) is 18.4 Å². The highest BCUT2D eigenvalue weighted by atomic mass is 16.2. The molecule has 5 nitrogen and oxygen atoms in total. The van der Waals surface area contributed by atoms with Crippen molar-refractivity contribution in [3.05, 3.63) is 48.3 Å². The fraction of sp³-hybridized carbons (Fsp3) is 0.444. The quantitative estimate of drug-likeness (QED) is 0.854. The van der Waals surface area contributed by atoms with Crippen molar-refractivity contribution in [3.8, 4) is 5.69 Å². The van der Waals surface area contributed by atoms with Gasteiger partial charge >= 0.3 is 0 Å². The molecular formula is C18H26N4O. The molecule has 1 aromatic carbocycles. The van der Waals surface area contributed by atoms with Gasteiger partial charge in [-0.1, -0.05) is 25.1 Å². The van der Waals surface area contributed by atoms with Crippen LogP contribution in [0.25, 0.3) is 5.69 Å². The average molecular weight is 314 g/mol. The molecule has 0 radical (unpaired) electrons. The molecule has 0 saturated carbocycles. The Balaban J connectivity index is 1.90. The lowest BCUT2D eigenvalue weighted by atomic mass is 10.0. The van der Waals surface area contributed by atoms with Gasteiger partial charge in [-0.05, 0) is 39.4 Å². The molecule has 0 unspecified atom stereocenters. The Kier molecular flexibility index (Phi) is 5.55. The summed E-state index contributed by atoms with van der Waals surface area (Å²) >= 11 is 0. The van der Waals surface area contributed by atoms with Gasteiger partial charge in [0.2, 0.25) is 5.91 Å². The average Bonchev–Trinajstić information content (AvgIpc) is 2.95. The van der Waals surface area contributed by atoms with Crippen LogP contribution >= 0.6 is 0 Å². The Bertz CT molecular complexity index is 633. The van der Waals surface area contributed by atoms with Crippen LogP contribution < -0.4 is 5.32 Å². The summed E-state index contributed by atoms with van der Waals surface area (Å²) in [5.41, 5.74) is 1.96. The summed E-state index contributed by atoms with van der Waals surface area (Å²) in [7, 11) is 1.94. The van der Waals surface area contributed by atoms with E-state index in [-0.39, 0.29) is 11.4 Å². The van der Waals surface area contributed by atoms with Crippen molar-refractivity contribution >= 4 is 5.91 Å². The Labute approximate surface area is 138 Å². The van der Waals surface area contributed by atoms with Crippen molar-refractivity contribution < 1.29 is 4.79 Å². The van der Waals surface area contributed by atoms with Gasteiger partial charge in [-0.15, -0.1) is 0 Å². The van der Waals surface area contributed by atoms with E-state index >= 15 is 0 Å². The van der Waals surface area contributed by atoms with E-state index in [1.165, 1.54) is 0 Å². The summed E-state index contributed by atoms with van der Waals surface area (Å²) in [6.07, 6.45) is 4.75. The monoisotopic (exact) mass is 314 g/mol. The van der Waals surface area contributed by atoms with Crippen molar-refractivity contribution in [3.63, 3.8) is 0 Å². The minimum Gasteiger partial charge on any atom is -0.350 e. The van der Waals surface area contributed by atoms with Gasteiger partial charge in [0, 0.05) is 23.8 Å². The van der Waals surface area contributed by atoms with Crippen molar-refractivity contribution in [1.82, 2.24) is 20.0 Å². The highest BCUT2D eigenvalue weighted by molar-refractivity contribution is 5.78. The van der Waals surface area contributed by atoms with Crippen LogP contribution in [0.3, 0.4) is 0 Å². The first kappa shape index (κ1) is 17.2. The van der Waals surface area contributed by atoms with E-state index in [0.29, 0.717) is 13.1 Å². The van der Waals surface area contributed by atoms with Crippen molar-refractivity contribution in [1.29, 1.82) is 0 Å². The molecule has 1 aromatic heterocycles. The second-order valence-corrected chi connectivity index (χ2v) is 6.59. The summed E-state index contributed by atoms with van der Waals surface area (Å²) in [4.78, 5) is 14.1. The van der Waals surface area contributed by atoms with E-state index in [4.69, 9.17) is 0 Å². The molecule has 2 rings (SSSR count). The van der Waals surface area contributed by atoms with Gasteiger partial charge in [-0.3, -0.25) is 9.69 Å². The fourth-order valence-electron chi connectivity index (χ4n) is 2.28. The third-order valence-electron chi connectivity index (χ3n) is 3.88. The molecule has 2 aromatic rings. The van der Waals surface area contributed by atoms with E-state index < -0.39 is 0 Å². The van der Waals surface area contributed by atoms with E-state index in [1.54, 1.807) is 0 Å². The fourth-order valence-corrected chi connectivity index (χ4v) is 2.28. The molecule has 0 aliphatic rings. The first-order valence-corrected chi connectivity index (χ1v) is 7.98. The molecule has 1 amide bonds. The van der Waals surface area contributed by atoms with E-state index in [9.17, 15) is 4.79 Å². The number of nitrogens with zero attached hydrogens (tertiary/aromatic N) is 3. The smallest absolute Gasteiger partial charge is 0.234 e. The lowest BCUT2D eigenvalue weighted by molar-refractivity contribution is -0.123. The third-order valence-corrected chi connectivity index (χ3v) is 3.88. The molecule has 0 aliphatic carbocycles. The summed E-state index contributed by atoms with van der Waals surface area (Å²) in [5, 5.41) is 7.43. The molecule has 23 heavy (non-hydrogen) atoms. The molecule has 0 aliphatic heterocycles. The summed E-state index contributed by atoms with van der Waals surface area (Å²) in [5.74, 6) is 0.0507. The minimum atomic E-state index is -0.157. The Hall–Kier alpha value is -2.14.